The van der Waals surface area contributed by atoms with Gasteiger partial charge in [-0.2, -0.15) is 0 Å². The summed E-state index contributed by atoms with van der Waals surface area (Å²) in [6.45, 7) is 7.55. The molecule has 1 aromatic carbocycles. The van der Waals surface area contributed by atoms with E-state index >= 15 is 0 Å². The molecule has 0 unspecified atom stereocenters. The highest BCUT2D eigenvalue weighted by molar-refractivity contribution is 5.93. The zero-order valence-electron chi connectivity index (χ0n) is 18.7. The van der Waals surface area contributed by atoms with Crippen molar-refractivity contribution in [1.82, 2.24) is 15.5 Å². The number of hydrogen-bond donors (Lipinski definition) is 2. The number of benzene rings is 1. The van der Waals surface area contributed by atoms with Crippen LogP contribution in [0.4, 0.5) is 0 Å². The maximum Gasteiger partial charge on any atom is 0.328 e. The molecule has 170 valence electrons. The summed E-state index contributed by atoms with van der Waals surface area (Å²) in [7, 11) is 0. The van der Waals surface area contributed by atoms with Crippen LogP contribution in [0.5, 0.6) is 0 Å². The second kappa shape index (κ2) is 11.5. The van der Waals surface area contributed by atoms with E-state index < -0.39 is 30.0 Å². The van der Waals surface area contributed by atoms with Gasteiger partial charge in [0.2, 0.25) is 17.7 Å². The monoisotopic (exact) mass is 431 g/mol. The van der Waals surface area contributed by atoms with E-state index in [9.17, 15) is 19.2 Å². The minimum absolute atomic E-state index is 0.124. The summed E-state index contributed by atoms with van der Waals surface area (Å²) < 4.78 is 5.39. The fourth-order valence-corrected chi connectivity index (χ4v) is 3.60. The Bertz CT molecular complexity index is 781. The molecule has 1 aliphatic heterocycles. The first-order valence-electron chi connectivity index (χ1n) is 10.8. The number of hydrogen-bond acceptors (Lipinski definition) is 5. The number of carbonyl (C=O) groups excluding carboxylic acids is 4. The molecule has 3 atom stereocenters. The van der Waals surface area contributed by atoms with E-state index in [4.69, 9.17) is 4.74 Å². The highest BCUT2D eigenvalue weighted by Gasteiger charge is 2.34. The lowest BCUT2D eigenvalue weighted by Crippen LogP contribution is -2.54. The molecule has 1 fully saturated rings. The van der Waals surface area contributed by atoms with Crippen molar-refractivity contribution in [3.8, 4) is 0 Å². The first-order chi connectivity index (χ1) is 14.7. The summed E-state index contributed by atoms with van der Waals surface area (Å²) in [6, 6.07) is 7.09. The third kappa shape index (κ3) is 7.38. The quantitative estimate of drug-likeness (QED) is 0.580. The van der Waals surface area contributed by atoms with Crippen LogP contribution < -0.4 is 10.6 Å². The van der Waals surface area contributed by atoms with E-state index in [0.29, 0.717) is 19.4 Å². The summed E-state index contributed by atoms with van der Waals surface area (Å²) in [5, 5.41) is 5.37. The van der Waals surface area contributed by atoms with Gasteiger partial charge in [-0.05, 0) is 37.7 Å². The van der Waals surface area contributed by atoms with Crippen LogP contribution in [0, 0.1) is 5.92 Å². The standard InChI is InChI=1S/C23H33N3O5/c1-15(2)13-19(23(30)31-14-18-9-6-5-7-10-18)25-21(28)16(3)24-22(29)20-11-8-12-26(20)17(4)27/h5-7,9-10,15-16,19-20H,8,11-14H2,1-4H3,(H,24,29)(H,25,28)/t16-,19-,20-/m0/s1. The van der Waals surface area contributed by atoms with E-state index in [0.717, 1.165) is 12.0 Å². The summed E-state index contributed by atoms with van der Waals surface area (Å²) in [5.74, 6) is -1.34. The largest absolute Gasteiger partial charge is 0.459 e. The molecule has 1 saturated heterocycles. The second-order valence-electron chi connectivity index (χ2n) is 8.38. The second-order valence-corrected chi connectivity index (χ2v) is 8.38. The van der Waals surface area contributed by atoms with Crippen molar-refractivity contribution < 1.29 is 23.9 Å². The van der Waals surface area contributed by atoms with Crippen LogP contribution in [0.3, 0.4) is 0 Å². The average molecular weight is 432 g/mol. The maximum absolute atomic E-state index is 12.7. The van der Waals surface area contributed by atoms with Gasteiger partial charge in [-0.25, -0.2) is 4.79 Å². The Labute approximate surface area is 183 Å². The molecule has 0 spiro atoms. The van der Waals surface area contributed by atoms with Gasteiger partial charge in [-0.15, -0.1) is 0 Å². The summed E-state index contributed by atoms with van der Waals surface area (Å²) in [5.41, 5.74) is 0.859. The van der Waals surface area contributed by atoms with Crippen LogP contribution in [0.2, 0.25) is 0 Å². The van der Waals surface area contributed by atoms with Crippen molar-refractivity contribution in [1.29, 1.82) is 0 Å². The van der Waals surface area contributed by atoms with Gasteiger partial charge < -0.3 is 20.3 Å². The maximum atomic E-state index is 12.7. The van der Waals surface area contributed by atoms with Gasteiger partial charge in [0.1, 0.15) is 24.7 Å². The fraction of sp³-hybridized carbons (Fsp3) is 0.565. The molecular formula is C23H33N3O5. The highest BCUT2D eigenvalue weighted by atomic mass is 16.5. The summed E-state index contributed by atoms with van der Waals surface area (Å²) in [6.07, 6.45) is 1.74. The number of ether oxygens (including phenoxy) is 1. The number of nitrogens with one attached hydrogen (secondary N) is 2. The molecule has 2 N–H and O–H groups in total. The van der Waals surface area contributed by atoms with Gasteiger partial charge in [-0.3, -0.25) is 14.4 Å². The lowest BCUT2D eigenvalue weighted by atomic mass is 10.0. The van der Waals surface area contributed by atoms with Crippen molar-refractivity contribution in [2.75, 3.05) is 6.54 Å². The molecule has 31 heavy (non-hydrogen) atoms. The number of carbonyl (C=O) groups is 4. The first-order valence-corrected chi connectivity index (χ1v) is 10.8. The lowest BCUT2D eigenvalue weighted by Gasteiger charge is -2.25. The smallest absolute Gasteiger partial charge is 0.328 e. The van der Waals surface area contributed by atoms with E-state index in [1.165, 1.54) is 11.8 Å². The van der Waals surface area contributed by atoms with Crippen LogP contribution in [0.25, 0.3) is 0 Å². The molecule has 0 bridgehead atoms. The van der Waals surface area contributed by atoms with Crippen LogP contribution in [-0.2, 0) is 30.5 Å². The topological polar surface area (TPSA) is 105 Å². The van der Waals surface area contributed by atoms with Crippen LogP contribution in [0.15, 0.2) is 30.3 Å². The van der Waals surface area contributed by atoms with Crippen LogP contribution in [0.1, 0.15) is 52.5 Å². The molecule has 3 amide bonds. The Kier molecular flexibility index (Phi) is 9.03. The van der Waals surface area contributed by atoms with Gasteiger partial charge in [0.15, 0.2) is 0 Å². The predicted octanol–water partition coefficient (Wildman–Crippen LogP) is 1.78. The lowest BCUT2D eigenvalue weighted by molar-refractivity contribution is -0.150. The van der Waals surface area contributed by atoms with Gasteiger partial charge in [0.05, 0.1) is 0 Å². The van der Waals surface area contributed by atoms with Gasteiger partial charge >= 0.3 is 5.97 Å². The van der Waals surface area contributed by atoms with E-state index in [1.54, 1.807) is 6.92 Å². The minimum Gasteiger partial charge on any atom is -0.459 e. The molecular weight excluding hydrogens is 398 g/mol. The molecule has 2 rings (SSSR count). The van der Waals surface area contributed by atoms with Gasteiger partial charge in [0.25, 0.3) is 0 Å². The first kappa shape index (κ1) is 24.4. The molecule has 8 heteroatoms. The average Bonchev–Trinajstić information content (AvgIpc) is 3.22. The predicted molar refractivity (Wildman–Crippen MR) is 116 cm³/mol. The molecule has 0 aliphatic carbocycles. The van der Waals surface area contributed by atoms with Gasteiger partial charge in [0, 0.05) is 13.5 Å². The van der Waals surface area contributed by atoms with E-state index in [2.05, 4.69) is 10.6 Å². The van der Waals surface area contributed by atoms with Crippen molar-refractivity contribution in [2.45, 2.75) is 71.7 Å². The Morgan fingerprint density at radius 1 is 1.10 bits per heavy atom. The molecule has 1 aromatic rings. The normalized spacial score (nSPS) is 17.7. The Morgan fingerprint density at radius 3 is 2.39 bits per heavy atom. The van der Waals surface area contributed by atoms with Gasteiger partial charge in [-0.1, -0.05) is 44.2 Å². The third-order valence-corrected chi connectivity index (χ3v) is 5.24. The molecule has 1 aliphatic rings. The molecule has 1 heterocycles. The molecule has 0 radical (unpaired) electrons. The number of likely N-dealkylation sites (tertiary alicyclic amines) is 1. The fourth-order valence-electron chi connectivity index (χ4n) is 3.60. The zero-order valence-corrected chi connectivity index (χ0v) is 18.7. The van der Waals surface area contributed by atoms with E-state index in [1.807, 2.05) is 44.2 Å². The van der Waals surface area contributed by atoms with Crippen molar-refractivity contribution in [3.05, 3.63) is 35.9 Å². The Morgan fingerprint density at radius 2 is 1.77 bits per heavy atom. The molecule has 8 nitrogen and oxygen atoms in total. The zero-order chi connectivity index (χ0) is 23.0. The molecule has 0 saturated carbocycles. The summed E-state index contributed by atoms with van der Waals surface area (Å²) in [4.78, 5) is 51.0. The number of rotatable bonds is 9. The molecule has 0 aromatic heterocycles. The van der Waals surface area contributed by atoms with Crippen molar-refractivity contribution >= 4 is 23.7 Å². The van der Waals surface area contributed by atoms with Crippen molar-refractivity contribution in [2.24, 2.45) is 5.92 Å². The minimum atomic E-state index is -0.849. The SMILES string of the molecule is CC(=O)N1CCC[C@H]1C(=O)N[C@@H](C)C(=O)N[C@@H](CC(C)C)C(=O)OCc1ccccc1. The Hall–Kier alpha value is -2.90. The van der Waals surface area contributed by atoms with E-state index in [-0.39, 0.29) is 24.3 Å². The van der Waals surface area contributed by atoms with Crippen molar-refractivity contribution in [3.63, 3.8) is 0 Å². The Balaban J connectivity index is 1.93. The van der Waals surface area contributed by atoms with Crippen LogP contribution in [-0.4, -0.2) is 53.3 Å². The number of amides is 3. The van der Waals surface area contributed by atoms with Crippen LogP contribution >= 0.6 is 0 Å². The highest BCUT2D eigenvalue weighted by Crippen LogP contribution is 2.17. The third-order valence-electron chi connectivity index (χ3n) is 5.24. The number of esters is 1. The summed E-state index contributed by atoms with van der Waals surface area (Å²) >= 11 is 0. The number of nitrogens with zero attached hydrogens (tertiary/aromatic N) is 1.